The molecule has 14 heavy (non-hydrogen) atoms. The van der Waals surface area contributed by atoms with E-state index in [0.29, 0.717) is 23.1 Å². The van der Waals surface area contributed by atoms with Crippen molar-refractivity contribution in [3.8, 4) is 0 Å². The molecule has 0 radical (unpaired) electrons. The van der Waals surface area contributed by atoms with Gasteiger partial charge in [-0.2, -0.15) is 14.6 Å². The van der Waals surface area contributed by atoms with Crippen molar-refractivity contribution >= 4 is 11.6 Å². The van der Waals surface area contributed by atoms with Gasteiger partial charge in [-0.1, -0.05) is 0 Å². The number of aromatic nitrogens is 4. The lowest BCUT2D eigenvalue weighted by Gasteiger charge is -2.03. The third-order valence-electron chi connectivity index (χ3n) is 2.51. The molecule has 72 valence electrons. The van der Waals surface area contributed by atoms with Crippen LogP contribution in [0.1, 0.15) is 24.3 Å². The van der Waals surface area contributed by atoms with Crippen molar-refractivity contribution in [3.05, 3.63) is 22.2 Å². The van der Waals surface area contributed by atoms with Gasteiger partial charge in [-0.25, -0.2) is 0 Å². The van der Waals surface area contributed by atoms with E-state index in [0.717, 1.165) is 12.8 Å². The Hall–Kier alpha value is -1.85. The van der Waals surface area contributed by atoms with Gasteiger partial charge in [0.1, 0.15) is 12.1 Å². The number of aromatic amines is 1. The monoisotopic (exact) mass is 191 g/mol. The summed E-state index contributed by atoms with van der Waals surface area (Å²) in [4.78, 5) is 18.1. The van der Waals surface area contributed by atoms with Gasteiger partial charge in [0.15, 0.2) is 0 Å². The maximum atomic E-state index is 11.6. The van der Waals surface area contributed by atoms with Gasteiger partial charge >= 0.3 is 0 Å². The molecule has 3 N–H and O–H groups in total. The average molecular weight is 191 g/mol. The maximum Gasteiger partial charge on any atom is 0.257 e. The molecule has 0 aliphatic heterocycles. The third-order valence-corrected chi connectivity index (χ3v) is 2.51. The standard InChI is InChI=1S/C8H9N5O/c9-6-5(4-1-2-4)7(14)12-8-10-3-11-13(6)8/h3-4H,1-2,9H2,(H,10,11,12,14). The fourth-order valence-corrected chi connectivity index (χ4v) is 1.67. The van der Waals surface area contributed by atoms with E-state index in [1.54, 1.807) is 0 Å². The molecule has 1 aliphatic carbocycles. The normalized spacial score (nSPS) is 16.3. The quantitative estimate of drug-likeness (QED) is 0.657. The number of anilines is 1. The Bertz CT molecular complexity index is 550. The Labute approximate surface area is 78.8 Å². The number of H-pyrrole nitrogens is 1. The summed E-state index contributed by atoms with van der Waals surface area (Å²) in [6.07, 6.45) is 3.44. The summed E-state index contributed by atoms with van der Waals surface area (Å²) in [5, 5.41) is 3.94. The van der Waals surface area contributed by atoms with E-state index in [9.17, 15) is 4.79 Å². The van der Waals surface area contributed by atoms with Crippen LogP contribution in [-0.4, -0.2) is 19.6 Å². The number of hydrogen-bond acceptors (Lipinski definition) is 4. The van der Waals surface area contributed by atoms with Crippen molar-refractivity contribution in [2.24, 2.45) is 0 Å². The van der Waals surface area contributed by atoms with Gasteiger partial charge in [0.25, 0.3) is 5.56 Å². The lowest BCUT2D eigenvalue weighted by atomic mass is 10.2. The molecule has 3 rings (SSSR count). The van der Waals surface area contributed by atoms with Gasteiger partial charge in [-0.05, 0) is 18.8 Å². The molecule has 1 saturated carbocycles. The summed E-state index contributed by atoms with van der Waals surface area (Å²) in [6.45, 7) is 0. The third kappa shape index (κ3) is 0.876. The number of nitrogens with two attached hydrogens (primary N) is 1. The topological polar surface area (TPSA) is 89.1 Å². The summed E-state index contributed by atoms with van der Waals surface area (Å²) < 4.78 is 1.47. The van der Waals surface area contributed by atoms with E-state index in [1.807, 2.05) is 0 Å². The SMILES string of the molecule is Nc1c(C2CC2)c(=O)[nH]c2ncnn12. The van der Waals surface area contributed by atoms with Gasteiger partial charge in [0.2, 0.25) is 5.78 Å². The Morgan fingerprint density at radius 3 is 3.07 bits per heavy atom. The number of rotatable bonds is 1. The first-order valence-corrected chi connectivity index (χ1v) is 4.49. The van der Waals surface area contributed by atoms with Crippen LogP contribution in [0, 0.1) is 0 Å². The van der Waals surface area contributed by atoms with Crippen molar-refractivity contribution in [1.29, 1.82) is 0 Å². The van der Waals surface area contributed by atoms with E-state index in [4.69, 9.17) is 5.73 Å². The van der Waals surface area contributed by atoms with E-state index in [1.165, 1.54) is 10.8 Å². The van der Waals surface area contributed by atoms with Crippen LogP contribution in [-0.2, 0) is 0 Å². The van der Waals surface area contributed by atoms with Crippen LogP contribution in [0.25, 0.3) is 5.78 Å². The van der Waals surface area contributed by atoms with Crippen LogP contribution in [0.15, 0.2) is 11.1 Å². The molecule has 0 unspecified atom stereocenters. The fourth-order valence-electron chi connectivity index (χ4n) is 1.67. The van der Waals surface area contributed by atoms with Crippen LogP contribution in [0.2, 0.25) is 0 Å². The Morgan fingerprint density at radius 1 is 1.57 bits per heavy atom. The first-order chi connectivity index (χ1) is 6.77. The van der Waals surface area contributed by atoms with Crippen LogP contribution in [0.5, 0.6) is 0 Å². The molecule has 6 heteroatoms. The summed E-state index contributed by atoms with van der Waals surface area (Å²) >= 11 is 0. The molecule has 0 aromatic carbocycles. The number of nitrogens with one attached hydrogen (secondary N) is 1. The van der Waals surface area contributed by atoms with Gasteiger partial charge in [-0.15, -0.1) is 0 Å². The zero-order valence-corrected chi connectivity index (χ0v) is 7.40. The average Bonchev–Trinajstić information content (AvgIpc) is 2.84. The number of fused-ring (bicyclic) bond motifs is 1. The highest BCUT2D eigenvalue weighted by Crippen LogP contribution is 2.40. The molecule has 0 atom stereocenters. The van der Waals surface area contributed by atoms with Crippen molar-refractivity contribution in [3.63, 3.8) is 0 Å². The molecule has 0 spiro atoms. The molecule has 6 nitrogen and oxygen atoms in total. The largest absolute Gasteiger partial charge is 0.383 e. The smallest absolute Gasteiger partial charge is 0.257 e. The van der Waals surface area contributed by atoms with Crippen molar-refractivity contribution in [1.82, 2.24) is 19.6 Å². The molecule has 1 fully saturated rings. The van der Waals surface area contributed by atoms with Crippen molar-refractivity contribution in [2.75, 3.05) is 5.73 Å². The molecule has 2 aromatic rings. The summed E-state index contributed by atoms with van der Waals surface area (Å²) in [5.74, 6) is 1.13. The van der Waals surface area contributed by atoms with E-state index < -0.39 is 0 Å². The number of nitrogen functional groups attached to an aromatic ring is 1. The molecule has 0 saturated heterocycles. The molecular weight excluding hydrogens is 182 g/mol. The van der Waals surface area contributed by atoms with Crippen LogP contribution in [0.3, 0.4) is 0 Å². The van der Waals surface area contributed by atoms with E-state index in [-0.39, 0.29) is 5.56 Å². The van der Waals surface area contributed by atoms with E-state index in [2.05, 4.69) is 15.1 Å². The molecule has 2 aromatic heterocycles. The molecule has 2 heterocycles. The lowest BCUT2D eigenvalue weighted by molar-refractivity contribution is 0.906. The second kappa shape index (κ2) is 2.34. The first-order valence-electron chi connectivity index (χ1n) is 4.49. The second-order valence-electron chi connectivity index (χ2n) is 3.52. The molecular formula is C8H9N5O. The maximum absolute atomic E-state index is 11.6. The number of hydrogen-bond donors (Lipinski definition) is 2. The van der Waals surface area contributed by atoms with Crippen LogP contribution >= 0.6 is 0 Å². The van der Waals surface area contributed by atoms with Crippen LogP contribution < -0.4 is 11.3 Å². The minimum absolute atomic E-state index is 0.134. The predicted octanol–water partition coefficient (Wildman–Crippen LogP) is -0.123. The van der Waals surface area contributed by atoms with Gasteiger partial charge in [0.05, 0.1) is 5.56 Å². The predicted molar refractivity (Wildman–Crippen MR) is 50.0 cm³/mol. The molecule has 1 aliphatic rings. The minimum Gasteiger partial charge on any atom is -0.383 e. The highest BCUT2D eigenvalue weighted by atomic mass is 16.1. The zero-order chi connectivity index (χ0) is 9.71. The second-order valence-corrected chi connectivity index (χ2v) is 3.52. The Balaban J connectivity index is 2.42. The highest BCUT2D eigenvalue weighted by molar-refractivity contribution is 5.48. The summed E-state index contributed by atoms with van der Waals surface area (Å²) in [5.41, 5.74) is 6.37. The molecule has 0 bridgehead atoms. The van der Waals surface area contributed by atoms with Gasteiger partial charge in [-0.3, -0.25) is 9.78 Å². The van der Waals surface area contributed by atoms with Gasteiger partial charge in [0, 0.05) is 0 Å². The summed E-state index contributed by atoms with van der Waals surface area (Å²) in [6, 6.07) is 0. The van der Waals surface area contributed by atoms with Crippen molar-refractivity contribution < 1.29 is 0 Å². The minimum atomic E-state index is -0.134. The number of nitrogens with zero attached hydrogens (tertiary/aromatic N) is 3. The van der Waals surface area contributed by atoms with Crippen molar-refractivity contribution in [2.45, 2.75) is 18.8 Å². The first kappa shape index (κ1) is 7.54. The zero-order valence-electron chi connectivity index (χ0n) is 7.40. The highest BCUT2D eigenvalue weighted by Gasteiger charge is 2.30. The Kier molecular flexibility index (Phi) is 1.26. The Morgan fingerprint density at radius 2 is 2.36 bits per heavy atom. The summed E-state index contributed by atoms with van der Waals surface area (Å²) in [7, 11) is 0. The van der Waals surface area contributed by atoms with Gasteiger partial charge < -0.3 is 5.73 Å². The molecule has 0 amide bonds. The lowest BCUT2D eigenvalue weighted by Crippen LogP contribution is -2.18. The van der Waals surface area contributed by atoms with Crippen LogP contribution in [0.4, 0.5) is 5.82 Å². The van der Waals surface area contributed by atoms with E-state index >= 15 is 0 Å². The fraction of sp³-hybridized carbons (Fsp3) is 0.375.